The number of carbonyl (C=O) groups excluding carboxylic acids is 3. The second-order valence-electron chi connectivity index (χ2n) is 8.50. The van der Waals surface area contributed by atoms with E-state index in [4.69, 9.17) is 4.98 Å². The molecule has 0 radical (unpaired) electrons. The van der Waals surface area contributed by atoms with Gasteiger partial charge in [0.2, 0.25) is 11.8 Å². The fraction of sp³-hybridized carbons (Fsp3) is 0.154. The standard InChI is InChI=1S/C26H21N5O3/c32-22-12-11-20(25(33)29-22)31-15-17-14-16(9-10-19(17)26(31)34)23-24(27-18-6-2-1-3-7-18)30-13-5-4-8-21(30)28-23/h1-10,13-14,20,27H,11-12,15H2,(H,29,32,33). The molecule has 1 atom stereocenters. The summed E-state index contributed by atoms with van der Waals surface area (Å²) in [6.07, 6.45) is 2.53. The quantitative estimate of drug-likeness (QED) is 0.463. The van der Waals surface area contributed by atoms with Crippen LogP contribution in [0.4, 0.5) is 11.5 Å². The summed E-state index contributed by atoms with van der Waals surface area (Å²) in [5, 5.41) is 5.82. The third-order valence-corrected chi connectivity index (χ3v) is 6.36. The van der Waals surface area contributed by atoms with Crippen molar-refractivity contribution in [3.63, 3.8) is 0 Å². The summed E-state index contributed by atoms with van der Waals surface area (Å²) < 4.78 is 2.00. The molecule has 2 N–H and O–H groups in total. The molecule has 8 heteroatoms. The Hall–Kier alpha value is -4.46. The molecule has 0 bridgehead atoms. The lowest BCUT2D eigenvalue weighted by atomic mass is 10.0. The molecule has 1 saturated heterocycles. The average Bonchev–Trinajstić information content (AvgIpc) is 3.37. The van der Waals surface area contributed by atoms with Crippen molar-refractivity contribution < 1.29 is 14.4 Å². The molecule has 0 aliphatic carbocycles. The summed E-state index contributed by atoms with van der Waals surface area (Å²) in [6.45, 7) is 0.323. The Morgan fingerprint density at radius 2 is 1.79 bits per heavy atom. The van der Waals surface area contributed by atoms with Crippen LogP contribution in [0.2, 0.25) is 0 Å². The van der Waals surface area contributed by atoms with Gasteiger partial charge in [-0.05, 0) is 48.4 Å². The van der Waals surface area contributed by atoms with Crippen molar-refractivity contribution in [3.8, 4) is 11.3 Å². The molecule has 1 unspecified atom stereocenters. The van der Waals surface area contributed by atoms with Gasteiger partial charge >= 0.3 is 0 Å². The van der Waals surface area contributed by atoms with E-state index in [0.29, 0.717) is 18.5 Å². The fourth-order valence-corrected chi connectivity index (χ4v) is 4.70. The Bertz CT molecular complexity index is 1460. The number of imide groups is 1. The zero-order valence-electron chi connectivity index (χ0n) is 18.2. The largest absolute Gasteiger partial charge is 0.339 e. The number of amides is 3. The highest BCUT2D eigenvalue weighted by Crippen LogP contribution is 2.35. The van der Waals surface area contributed by atoms with Gasteiger partial charge in [-0.3, -0.25) is 24.1 Å². The molecule has 2 aromatic carbocycles. The van der Waals surface area contributed by atoms with Crippen molar-refractivity contribution >= 4 is 34.9 Å². The molecule has 6 rings (SSSR count). The highest BCUT2D eigenvalue weighted by atomic mass is 16.2. The van der Waals surface area contributed by atoms with E-state index in [-0.39, 0.29) is 18.2 Å². The van der Waals surface area contributed by atoms with Crippen molar-refractivity contribution in [2.75, 3.05) is 5.32 Å². The van der Waals surface area contributed by atoms with Crippen molar-refractivity contribution in [3.05, 3.63) is 84.1 Å². The van der Waals surface area contributed by atoms with Crippen LogP contribution >= 0.6 is 0 Å². The van der Waals surface area contributed by atoms with Gasteiger partial charge in [-0.25, -0.2) is 4.98 Å². The number of hydrogen-bond acceptors (Lipinski definition) is 5. The Kier molecular flexibility index (Phi) is 4.65. The summed E-state index contributed by atoms with van der Waals surface area (Å²) in [5.41, 5.74) is 4.81. The molecular weight excluding hydrogens is 430 g/mol. The first-order valence-corrected chi connectivity index (χ1v) is 11.2. The monoisotopic (exact) mass is 451 g/mol. The molecule has 4 aromatic rings. The van der Waals surface area contributed by atoms with Gasteiger partial charge in [-0.2, -0.15) is 0 Å². The van der Waals surface area contributed by atoms with Crippen LogP contribution in [-0.2, 0) is 16.1 Å². The van der Waals surface area contributed by atoms with E-state index in [1.54, 1.807) is 11.0 Å². The minimum atomic E-state index is -0.633. The van der Waals surface area contributed by atoms with Gasteiger partial charge in [0.25, 0.3) is 5.91 Å². The molecule has 4 heterocycles. The second-order valence-corrected chi connectivity index (χ2v) is 8.50. The van der Waals surface area contributed by atoms with Crippen molar-refractivity contribution in [1.82, 2.24) is 19.6 Å². The molecule has 1 fully saturated rings. The second kappa shape index (κ2) is 7.84. The minimum absolute atomic E-state index is 0.186. The smallest absolute Gasteiger partial charge is 0.255 e. The number of anilines is 2. The first kappa shape index (κ1) is 20.2. The Morgan fingerprint density at radius 1 is 0.971 bits per heavy atom. The maximum atomic E-state index is 13.0. The number of pyridine rings is 1. The number of piperidine rings is 1. The van der Waals surface area contributed by atoms with Gasteiger partial charge in [0.1, 0.15) is 23.2 Å². The molecule has 3 amide bonds. The number of nitrogens with zero attached hydrogens (tertiary/aromatic N) is 3. The molecule has 2 aromatic heterocycles. The Morgan fingerprint density at radius 3 is 2.62 bits per heavy atom. The Balaban J connectivity index is 1.38. The van der Waals surface area contributed by atoms with Crippen molar-refractivity contribution in [2.24, 2.45) is 0 Å². The normalized spacial score (nSPS) is 17.7. The highest BCUT2D eigenvalue weighted by molar-refractivity contribution is 6.05. The maximum absolute atomic E-state index is 13.0. The highest BCUT2D eigenvalue weighted by Gasteiger charge is 2.39. The predicted molar refractivity (Wildman–Crippen MR) is 126 cm³/mol. The van der Waals surface area contributed by atoms with Gasteiger partial charge in [0.15, 0.2) is 0 Å². The number of para-hydroxylation sites is 1. The lowest BCUT2D eigenvalue weighted by molar-refractivity contribution is -0.136. The molecule has 2 aliphatic rings. The number of hydrogen-bond donors (Lipinski definition) is 2. The number of fused-ring (bicyclic) bond motifs is 2. The third-order valence-electron chi connectivity index (χ3n) is 6.36. The number of benzene rings is 2. The van der Waals surface area contributed by atoms with E-state index in [2.05, 4.69) is 10.6 Å². The number of aromatic nitrogens is 2. The van der Waals surface area contributed by atoms with E-state index in [0.717, 1.165) is 34.0 Å². The average molecular weight is 451 g/mol. The van der Waals surface area contributed by atoms with Crippen LogP contribution < -0.4 is 10.6 Å². The van der Waals surface area contributed by atoms with Gasteiger partial charge < -0.3 is 10.2 Å². The van der Waals surface area contributed by atoms with Crippen LogP contribution in [0.15, 0.2) is 72.9 Å². The topological polar surface area (TPSA) is 95.8 Å². The summed E-state index contributed by atoms with van der Waals surface area (Å²) in [4.78, 5) is 43.3. The maximum Gasteiger partial charge on any atom is 0.255 e. The van der Waals surface area contributed by atoms with Crippen molar-refractivity contribution in [1.29, 1.82) is 0 Å². The van der Waals surface area contributed by atoms with E-state index in [1.165, 1.54) is 0 Å². The summed E-state index contributed by atoms with van der Waals surface area (Å²) in [5.74, 6) is -0.0629. The molecule has 0 saturated carbocycles. The fourth-order valence-electron chi connectivity index (χ4n) is 4.70. The SMILES string of the molecule is O=C1CCC(N2Cc3cc(-c4nc5ccccn5c4Nc4ccccc4)ccc3C2=O)C(=O)N1. The number of imidazole rings is 1. The predicted octanol–water partition coefficient (Wildman–Crippen LogP) is 3.51. The third kappa shape index (κ3) is 3.31. The van der Waals surface area contributed by atoms with Gasteiger partial charge in [-0.15, -0.1) is 0 Å². The molecule has 0 spiro atoms. The molecule has 34 heavy (non-hydrogen) atoms. The van der Waals surface area contributed by atoms with E-state index in [9.17, 15) is 14.4 Å². The van der Waals surface area contributed by atoms with E-state index >= 15 is 0 Å². The van der Waals surface area contributed by atoms with Crippen LogP contribution in [0, 0.1) is 0 Å². The number of carbonyl (C=O) groups is 3. The molecule has 2 aliphatic heterocycles. The zero-order valence-corrected chi connectivity index (χ0v) is 18.2. The molecule has 8 nitrogen and oxygen atoms in total. The van der Waals surface area contributed by atoms with Gasteiger partial charge in [0, 0.05) is 36.0 Å². The lowest BCUT2D eigenvalue weighted by Gasteiger charge is -2.29. The van der Waals surface area contributed by atoms with Crippen LogP contribution in [0.25, 0.3) is 16.9 Å². The van der Waals surface area contributed by atoms with Crippen LogP contribution in [0.3, 0.4) is 0 Å². The molecule has 168 valence electrons. The minimum Gasteiger partial charge on any atom is -0.339 e. The van der Waals surface area contributed by atoms with Crippen LogP contribution in [0.5, 0.6) is 0 Å². The van der Waals surface area contributed by atoms with Crippen LogP contribution in [-0.4, -0.2) is 38.0 Å². The summed E-state index contributed by atoms with van der Waals surface area (Å²) >= 11 is 0. The number of rotatable bonds is 4. The van der Waals surface area contributed by atoms with E-state index in [1.807, 2.05) is 71.3 Å². The van der Waals surface area contributed by atoms with Crippen LogP contribution in [0.1, 0.15) is 28.8 Å². The number of nitrogens with one attached hydrogen (secondary N) is 2. The summed E-state index contributed by atoms with van der Waals surface area (Å²) in [7, 11) is 0. The first-order chi connectivity index (χ1) is 16.6. The van der Waals surface area contributed by atoms with E-state index < -0.39 is 11.9 Å². The zero-order chi connectivity index (χ0) is 23.2. The first-order valence-electron chi connectivity index (χ1n) is 11.2. The lowest BCUT2D eigenvalue weighted by Crippen LogP contribution is -2.52. The Labute approximate surface area is 195 Å². The van der Waals surface area contributed by atoms with Gasteiger partial charge in [-0.1, -0.05) is 30.3 Å². The van der Waals surface area contributed by atoms with Gasteiger partial charge in [0.05, 0.1) is 0 Å². The van der Waals surface area contributed by atoms with Crippen molar-refractivity contribution in [2.45, 2.75) is 25.4 Å². The molecular formula is C26H21N5O3. The summed E-state index contributed by atoms with van der Waals surface area (Å²) in [6, 6.07) is 20.8.